The van der Waals surface area contributed by atoms with E-state index >= 15 is 0 Å². The molecule has 3 N–H and O–H groups in total. The van der Waals surface area contributed by atoms with Crippen molar-refractivity contribution in [1.82, 2.24) is 15.3 Å². The van der Waals surface area contributed by atoms with E-state index in [0.717, 1.165) is 25.3 Å². The molecule has 1 saturated heterocycles. The molecular formula is C14H16N4O. The zero-order valence-electron chi connectivity index (χ0n) is 10.5. The van der Waals surface area contributed by atoms with Crippen molar-refractivity contribution in [1.29, 1.82) is 0 Å². The molecule has 1 aliphatic heterocycles. The van der Waals surface area contributed by atoms with Crippen LogP contribution >= 0.6 is 0 Å². The van der Waals surface area contributed by atoms with Crippen LogP contribution in [0.5, 0.6) is 5.75 Å². The van der Waals surface area contributed by atoms with E-state index in [9.17, 15) is 5.11 Å². The van der Waals surface area contributed by atoms with Crippen molar-refractivity contribution in [2.75, 3.05) is 18.4 Å². The number of nitrogens with one attached hydrogen (secondary N) is 2. The van der Waals surface area contributed by atoms with Crippen molar-refractivity contribution >= 4 is 5.82 Å². The lowest BCUT2D eigenvalue weighted by Crippen LogP contribution is -2.22. The van der Waals surface area contributed by atoms with Gasteiger partial charge < -0.3 is 15.7 Å². The predicted octanol–water partition coefficient (Wildman–Crippen LogP) is 1.62. The minimum Gasteiger partial charge on any atom is -0.507 e. The monoisotopic (exact) mass is 256 g/mol. The van der Waals surface area contributed by atoms with Gasteiger partial charge in [-0.15, -0.1) is 0 Å². The van der Waals surface area contributed by atoms with E-state index in [1.54, 1.807) is 18.3 Å². The zero-order valence-corrected chi connectivity index (χ0v) is 10.5. The van der Waals surface area contributed by atoms with Crippen LogP contribution in [0, 0.1) is 0 Å². The highest BCUT2D eigenvalue weighted by atomic mass is 16.3. The van der Waals surface area contributed by atoms with Gasteiger partial charge in [-0.05, 0) is 31.2 Å². The van der Waals surface area contributed by atoms with E-state index in [-0.39, 0.29) is 5.75 Å². The summed E-state index contributed by atoms with van der Waals surface area (Å²) in [4.78, 5) is 8.68. The van der Waals surface area contributed by atoms with E-state index < -0.39 is 0 Å². The van der Waals surface area contributed by atoms with Crippen LogP contribution in [0.4, 0.5) is 5.82 Å². The Hall–Kier alpha value is -2.14. The number of phenols is 1. The minimum atomic E-state index is 0.196. The van der Waals surface area contributed by atoms with Crippen molar-refractivity contribution < 1.29 is 5.11 Å². The largest absolute Gasteiger partial charge is 0.507 e. The number of aromatic hydroxyl groups is 1. The Morgan fingerprint density at radius 1 is 1.26 bits per heavy atom. The first-order chi connectivity index (χ1) is 9.33. The van der Waals surface area contributed by atoms with Crippen LogP contribution in [-0.4, -0.2) is 34.2 Å². The Labute approximate surface area is 111 Å². The van der Waals surface area contributed by atoms with Gasteiger partial charge in [0.25, 0.3) is 0 Å². The van der Waals surface area contributed by atoms with Gasteiger partial charge in [-0.2, -0.15) is 0 Å². The van der Waals surface area contributed by atoms with Gasteiger partial charge in [-0.25, -0.2) is 9.97 Å². The molecule has 5 heteroatoms. The summed E-state index contributed by atoms with van der Waals surface area (Å²) in [5.74, 6) is 1.53. The Balaban J connectivity index is 1.85. The summed E-state index contributed by atoms with van der Waals surface area (Å²) in [5.41, 5.74) is 0.649. The molecule has 0 aliphatic carbocycles. The Morgan fingerprint density at radius 3 is 2.95 bits per heavy atom. The Kier molecular flexibility index (Phi) is 3.29. The van der Waals surface area contributed by atoms with Crippen LogP contribution in [0.1, 0.15) is 6.42 Å². The maximum absolute atomic E-state index is 9.83. The number of nitrogens with zero attached hydrogens (tertiary/aromatic N) is 2. The molecule has 1 aromatic heterocycles. The molecule has 1 atom stereocenters. The molecule has 0 saturated carbocycles. The summed E-state index contributed by atoms with van der Waals surface area (Å²) < 4.78 is 0. The topological polar surface area (TPSA) is 70.1 Å². The third kappa shape index (κ3) is 2.66. The number of phenolic OH excluding ortho intramolecular Hbond substituents is 1. The summed E-state index contributed by atoms with van der Waals surface area (Å²) in [6, 6.07) is 9.35. The molecule has 2 aromatic rings. The van der Waals surface area contributed by atoms with Gasteiger partial charge in [0, 0.05) is 18.8 Å². The summed E-state index contributed by atoms with van der Waals surface area (Å²) in [7, 11) is 0. The van der Waals surface area contributed by atoms with Crippen LogP contribution in [0.2, 0.25) is 0 Å². The second-order valence-corrected chi connectivity index (χ2v) is 4.62. The highest BCUT2D eigenvalue weighted by Crippen LogP contribution is 2.26. The fraction of sp³-hybridized carbons (Fsp3) is 0.286. The number of para-hydroxylation sites is 1. The van der Waals surface area contributed by atoms with Gasteiger partial charge in [-0.3, -0.25) is 0 Å². The van der Waals surface area contributed by atoms with Crippen LogP contribution < -0.4 is 10.6 Å². The van der Waals surface area contributed by atoms with Crippen molar-refractivity contribution in [3.05, 3.63) is 36.5 Å². The average Bonchev–Trinajstić information content (AvgIpc) is 2.92. The lowest BCUT2D eigenvalue weighted by molar-refractivity contribution is 0.477. The van der Waals surface area contributed by atoms with Gasteiger partial charge in [0.05, 0.1) is 5.56 Å². The molecule has 19 heavy (non-hydrogen) atoms. The predicted molar refractivity (Wildman–Crippen MR) is 74.0 cm³/mol. The summed E-state index contributed by atoms with van der Waals surface area (Å²) in [5, 5.41) is 16.5. The van der Waals surface area contributed by atoms with Crippen molar-refractivity contribution in [3.8, 4) is 17.1 Å². The molecule has 1 unspecified atom stereocenters. The molecular weight excluding hydrogens is 240 g/mol. The third-order valence-electron chi connectivity index (χ3n) is 3.21. The van der Waals surface area contributed by atoms with Crippen molar-refractivity contribution in [3.63, 3.8) is 0 Å². The lowest BCUT2D eigenvalue weighted by Gasteiger charge is -2.12. The molecule has 1 fully saturated rings. The second-order valence-electron chi connectivity index (χ2n) is 4.62. The number of hydrogen-bond donors (Lipinski definition) is 3. The number of benzene rings is 1. The second kappa shape index (κ2) is 5.24. The van der Waals surface area contributed by atoms with Gasteiger partial charge >= 0.3 is 0 Å². The normalized spacial score (nSPS) is 18.4. The van der Waals surface area contributed by atoms with Crippen molar-refractivity contribution in [2.24, 2.45) is 0 Å². The molecule has 0 spiro atoms. The van der Waals surface area contributed by atoms with Crippen molar-refractivity contribution in [2.45, 2.75) is 12.5 Å². The first kappa shape index (κ1) is 11.9. The third-order valence-corrected chi connectivity index (χ3v) is 3.21. The fourth-order valence-corrected chi connectivity index (χ4v) is 2.22. The van der Waals surface area contributed by atoms with E-state index in [2.05, 4.69) is 20.6 Å². The van der Waals surface area contributed by atoms with Crippen LogP contribution in [-0.2, 0) is 0 Å². The number of anilines is 1. The molecule has 5 nitrogen and oxygen atoms in total. The first-order valence-corrected chi connectivity index (χ1v) is 6.41. The molecule has 0 bridgehead atoms. The molecule has 3 rings (SSSR count). The van der Waals surface area contributed by atoms with Gasteiger partial charge in [-0.1, -0.05) is 12.1 Å². The highest BCUT2D eigenvalue weighted by molar-refractivity contribution is 5.64. The maximum atomic E-state index is 9.83. The molecule has 1 aromatic carbocycles. The first-order valence-electron chi connectivity index (χ1n) is 6.41. The number of hydrogen-bond acceptors (Lipinski definition) is 5. The van der Waals surface area contributed by atoms with E-state index in [0.29, 0.717) is 17.4 Å². The standard InChI is InChI=1S/C14H16N4O/c19-12-4-2-1-3-11(12)14-16-8-6-13(18-14)17-10-5-7-15-9-10/h1-4,6,8,10,15,19H,5,7,9H2,(H,16,17,18). The Morgan fingerprint density at radius 2 is 2.16 bits per heavy atom. The fourth-order valence-electron chi connectivity index (χ4n) is 2.22. The summed E-state index contributed by atoms with van der Waals surface area (Å²) in [6.45, 7) is 1.99. The smallest absolute Gasteiger partial charge is 0.165 e. The Bertz CT molecular complexity index is 567. The van der Waals surface area contributed by atoms with E-state index in [1.807, 2.05) is 18.2 Å². The van der Waals surface area contributed by atoms with Gasteiger partial charge in [0.1, 0.15) is 11.6 Å². The lowest BCUT2D eigenvalue weighted by atomic mass is 10.2. The maximum Gasteiger partial charge on any atom is 0.165 e. The molecule has 98 valence electrons. The number of rotatable bonds is 3. The van der Waals surface area contributed by atoms with E-state index in [4.69, 9.17) is 0 Å². The van der Waals surface area contributed by atoms with Gasteiger partial charge in [0.15, 0.2) is 5.82 Å². The number of aromatic nitrogens is 2. The molecule has 0 amide bonds. The average molecular weight is 256 g/mol. The van der Waals surface area contributed by atoms with Gasteiger partial charge in [0.2, 0.25) is 0 Å². The van der Waals surface area contributed by atoms with E-state index in [1.165, 1.54) is 0 Å². The summed E-state index contributed by atoms with van der Waals surface area (Å²) in [6.07, 6.45) is 2.80. The highest BCUT2D eigenvalue weighted by Gasteiger charge is 2.15. The quantitative estimate of drug-likeness (QED) is 0.778. The minimum absolute atomic E-state index is 0.196. The molecule has 2 heterocycles. The SMILES string of the molecule is Oc1ccccc1-c1nccc(NC2CCNC2)n1. The van der Waals surface area contributed by atoms with Crippen LogP contribution in [0.3, 0.4) is 0 Å². The molecule has 0 radical (unpaired) electrons. The molecule has 1 aliphatic rings. The van der Waals surface area contributed by atoms with Crippen LogP contribution in [0.25, 0.3) is 11.4 Å². The zero-order chi connectivity index (χ0) is 13.1. The summed E-state index contributed by atoms with van der Waals surface area (Å²) >= 11 is 0. The van der Waals surface area contributed by atoms with Crippen LogP contribution in [0.15, 0.2) is 36.5 Å².